The van der Waals surface area contributed by atoms with E-state index in [-0.39, 0.29) is 24.2 Å². The van der Waals surface area contributed by atoms with Gasteiger partial charge in [-0.1, -0.05) is 50.2 Å². The van der Waals surface area contributed by atoms with Crippen molar-refractivity contribution >= 4 is 23.3 Å². The maximum atomic E-state index is 13.4. The van der Waals surface area contributed by atoms with E-state index in [1.807, 2.05) is 41.4 Å². The van der Waals surface area contributed by atoms with Crippen LogP contribution in [0.2, 0.25) is 0 Å². The minimum atomic E-state index is -0.308. The second kappa shape index (κ2) is 12.3. The van der Waals surface area contributed by atoms with Crippen LogP contribution in [0.4, 0.5) is 16.3 Å². The quantitative estimate of drug-likeness (QED) is 0.222. The number of carbonyl (C=O) groups excluding carboxylic acids is 1. The van der Waals surface area contributed by atoms with E-state index >= 15 is 0 Å². The largest absolute Gasteiger partial charge is 0.491 e. The van der Waals surface area contributed by atoms with Crippen molar-refractivity contribution in [2.24, 2.45) is 10.4 Å². The van der Waals surface area contributed by atoms with E-state index in [9.17, 15) is 4.79 Å². The lowest BCUT2D eigenvalue weighted by Gasteiger charge is -2.35. The predicted octanol–water partition coefficient (Wildman–Crippen LogP) is 7.57. The third-order valence-corrected chi connectivity index (χ3v) is 10.1. The highest BCUT2D eigenvalue weighted by atomic mass is 16.6. The number of hydrogen-bond donors (Lipinski definition) is 0. The van der Waals surface area contributed by atoms with Gasteiger partial charge in [0, 0.05) is 53.8 Å². The maximum Gasteiger partial charge on any atom is 0.410 e. The van der Waals surface area contributed by atoms with Crippen LogP contribution in [0.5, 0.6) is 5.75 Å². The summed E-state index contributed by atoms with van der Waals surface area (Å²) in [6.45, 7) is 9.52. The number of aryl methyl sites for hydroxylation is 1. The standard InChI is InChI=1S/C39H42N6O3/c1-25-18-32-33(41-25)20-28(22-40-32)27-11-12-35-29(19-27)23-44(16-17-47-35)37-30-21-39(2,3)14-13-31(30)42-36(43-37)34-10-7-15-45(34)38(46)48-24-26-8-5-4-6-9-26/h4-6,8-9,11-12,19-20,22,34H,7,10,13-18,21,23-24H2,1-3H3/t34-/m0/s1. The number of nitrogens with zero attached hydrogens (tertiary/aromatic N) is 6. The smallest absolute Gasteiger partial charge is 0.410 e. The summed E-state index contributed by atoms with van der Waals surface area (Å²) in [6.07, 6.45) is 7.05. The summed E-state index contributed by atoms with van der Waals surface area (Å²) in [6, 6.07) is 18.2. The first-order valence-corrected chi connectivity index (χ1v) is 17.2. The Bertz CT molecular complexity index is 1910. The average molecular weight is 643 g/mol. The molecule has 9 nitrogen and oxygen atoms in total. The molecule has 1 aliphatic carbocycles. The molecular formula is C39H42N6O3. The molecule has 8 rings (SSSR count). The van der Waals surface area contributed by atoms with Gasteiger partial charge in [0.05, 0.1) is 24.0 Å². The fraction of sp³-hybridized carbons (Fsp3) is 0.410. The Kier molecular flexibility index (Phi) is 7.85. The molecule has 1 atom stereocenters. The number of aliphatic imine (C=N–C) groups is 1. The number of fused-ring (bicyclic) bond motifs is 3. The highest BCUT2D eigenvalue weighted by Crippen LogP contribution is 2.41. The molecule has 4 aliphatic rings. The van der Waals surface area contributed by atoms with Gasteiger partial charge in [0.2, 0.25) is 0 Å². The number of rotatable bonds is 5. The number of aromatic nitrogens is 3. The van der Waals surface area contributed by atoms with Crippen LogP contribution in [-0.4, -0.2) is 51.4 Å². The first-order chi connectivity index (χ1) is 23.3. The van der Waals surface area contributed by atoms with Gasteiger partial charge in [-0.2, -0.15) is 0 Å². The Balaban J connectivity index is 1.11. The van der Waals surface area contributed by atoms with Crippen molar-refractivity contribution in [3.8, 4) is 16.9 Å². The molecule has 1 fully saturated rings. The van der Waals surface area contributed by atoms with E-state index in [0.717, 1.165) is 101 Å². The number of benzene rings is 2. The summed E-state index contributed by atoms with van der Waals surface area (Å²) in [5, 5.41) is 0. The molecule has 0 N–H and O–H groups in total. The molecular weight excluding hydrogens is 600 g/mol. The van der Waals surface area contributed by atoms with E-state index in [2.05, 4.69) is 49.9 Å². The summed E-state index contributed by atoms with van der Waals surface area (Å²) in [5.74, 6) is 2.59. The van der Waals surface area contributed by atoms with Crippen molar-refractivity contribution in [3.05, 3.63) is 94.7 Å². The van der Waals surface area contributed by atoms with Crippen LogP contribution in [0.15, 0.2) is 65.8 Å². The number of pyridine rings is 1. The Morgan fingerprint density at radius 3 is 2.79 bits per heavy atom. The molecule has 5 heterocycles. The van der Waals surface area contributed by atoms with Gasteiger partial charge in [-0.05, 0) is 73.8 Å². The number of amides is 1. The fourth-order valence-corrected chi connectivity index (χ4v) is 7.53. The van der Waals surface area contributed by atoms with Gasteiger partial charge in [0.25, 0.3) is 0 Å². The second-order valence-electron chi connectivity index (χ2n) is 14.4. The Morgan fingerprint density at radius 2 is 1.92 bits per heavy atom. The van der Waals surface area contributed by atoms with Crippen LogP contribution in [0.3, 0.4) is 0 Å². The SMILES string of the molecule is CC1=Nc2cc(-c3ccc4c(c3)CN(c3nc([C@@H]5CCCN5C(=O)OCc5ccccc5)nc5c3CC(C)(C)CC5)CCO4)cnc2C1. The molecule has 2 aromatic heterocycles. The molecule has 0 saturated carbocycles. The Labute approximate surface area is 282 Å². The zero-order valence-corrected chi connectivity index (χ0v) is 28.0. The van der Waals surface area contributed by atoms with Crippen LogP contribution in [0.1, 0.15) is 80.0 Å². The molecule has 3 aliphatic heterocycles. The second-order valence-corrected chi connectivity index (χ2v) is 14.4. The first-order valence-electron chi connectivity index (χ1n) is 17.2. The van der Waals surface area contributed by atoms with E-state index in [0.29, 0.717) is 26.2 Å². The monoisotopic (exact) mass is 642 g/mol. The normalized spacial score (nSPS) is 19.5. The van der Waals surface area contributed by atoms with Crippen LogP contribution in [-0.2, 0) is 37.2 Å². The van der Waals surface area contributed by atoms with Crippen molar-refractivity contribution in [2.75, 3.05) is 24.6 Å². The molecule has 0 spiro atoms. The number of carbonyl (C=O) groups is 1. The summed E-state index contributed by atoms with van der Waals surface area (Å²) < 4.78 is 12.1. The number of likely N-dealkylation sites (tertiary alicyclic amines) is 1. The van der Waals surface area contributed by atoms with Crippen molar-refractivity contribution in [3.63, 3.8) is 0 Å². The van der Waals surface area contributed by atoms with E-state index in [4.69, 9.17) is 29.4 Å². The van der Waals surface area contributed by atoms with Gasteiger partial charge in [-0.25, -0.2) is 14.8 Å². The lowest BCUT2D eigenvalue weighted by molar-refractivity contribution is 0.0908. The first kappa shape index (κ1) is 30.5. The zero-order chi connectivity index (χ0) is 32.8. The Hall–Kier alpha value is -4.79. The maximum absolute atomic E-state index is 13.4. The molecule has 0 radical (unpaired) electrons. The fourth-order valence-electron chi connectivity index (χ4n) is 7.53. The van der Waals surface area contributed by atoms with Crippen molar-refractivity contribution < 1.29 is 14.3 Å². The highest BCUT2D eigenvalue weighted by Gasteiger charge is 2.37. The number of ether oxygens (including phenoxy) is 2. The van der Waals surface area contributed by atoms with E-state index in [1.165, 1.54) is 5.56 Å². The van der Waals surface area contributed by atoms with Gasteiger partial charge < -0.3 is 14.4 Å². The van der Waals surface area contributed by atoms with Gasteiger partial charge in [0.1, 0.15) is 24.8 Å². The molecule has 0 unspecified atom stereocenters. The number of anilines is 1. The topological polar surface area (TPSA) is 93.0 Å². The van der Waals surface area contributed by atoms with Crippen molar-refractivity contribution in [1.29, 1.82) is 0 Å². The Morgan fingerprint density at radius 1 is 1.04 bits per heavy atom. The van der Waals surface area contributed by atoms with Crippen LogP contribution in [0, 0.1) is 5.41 Å². The molecule has 246 valence electrons. The molecule has 0 bridgehead atoms. The van der Waals surface area contributed by atoms with Crippen molar-refractivity contribution in [2.45, 2.75) is 78.5 Å². The molecule has 4 aromatic rings. The minimum Gasteiger partial charge on any atom is -0.491 e. The number of hydrogen-bond acceptors (Lipinski definition) is 8. The third-order valence-electron chi connectivity index (χ3n) is 10.1. The molecule has 1 amide bonds. The summed E-state index contributed by atoms with van der Waals surface area (Å²) in [7, 11) is 0. The minimum absolute atomic E-state index is 0.155. The average Bonchev–Trinajstić information content (AvgIpc) is 3.67. The van der Waals surface area contributed by atoms with Crippen LogP contribution in [0.25, 0.3) is 11.1 Å². The molecule has 2 aromatic carbocycles. The van der Waals surface area contributed by atoms with Gasteiger partial charge in [-0.15, -0.1) is 0 Å². The molecule has 9 heteroatoms. The lowest BCUT2D eigenvalue weighted by atomic mass is 9.76. The highest BCUT2D eigenvalue weighted by molar-refractivity contribution is 5.92. The zero-order valence-electron chi connectivity index (χ0n) is 28.0. The van der Waals surface area contributed by atoms with Gasteiger partial charge >= 0.3 is 6.09 Å². The lowest BCUT2D eigenvalue weighted by Crippen LogP contribution is -2.35. The predicted molar refractivity (Wildman–Crippen MR) is 186 cm³/mol. The third kappa shape index (κ3) is 6.02. The van der Waals surface area contributed by atoms with Crippen LogP contribution >= 0.6 is 0 Å². The van der Waals surface area contributed by atoms with Crippen molar-refractivity contribution in [1.82, 2.24) is 19.9 Å². The van der Waals surface area contributed by atoms with Gasteiger partial charge in [0.15, 0.2) is 5.82 Å². The van der Waals surface area contributed by atoms with Crippen LogP contribution < -0.4 is 9.64 Å². The summed E-state index contributed by atoms with van der Waals surface area (Å²) in [4.78, 5) is 37.5. The molecule has 48 heavy (non-hydrogen) atoms. The summed E-state index contributed by atoms with van der Waals surface area (Å²) >= 11 is 0. The summed E-state index contributed by atoms with van der Waals surface area (Å²) in [5.41, 5.74) is 9.82. The molecule has 1 saturated heterocycles. The van der Waals surface area contributed by atoms with E-state index in [1.54, 1.807) is 0 Å². The van der Waals surface area contributed by atoms with E-state index < -0.39 is 0 Å². The van der Waals surface area contributed by atoms with Gasteiger partial charge in [-0.3, -0.25) is 14.9 Å².